The van der Waals surface area contributed by atoms with E-state index < -0.39 is 11.8 Å². The first-order valence-corrected chi connectivity index (χ1v) is 9.94. The number of halogens is 2. The molecule has 0 aliphatic carbocycles. The molecular formula is C20H16FIN2O3S. The van der Waals surface area contributed by atoms with Crippen LogP contribution in [0.15, 0.2) is 42.0 Å². The molecule has 1 saturated heterocycles. The summed E-state index contributed by atoms with van der Waals surface area (Å²) in [4.78, 5) is 24.1. The predicted molar refractivity (Wildman–Crippen MR) is 116 cm³/mol. The quantitative estimate of drug-likeness (QED) is 0.281. The van der Waals surface area contributed by atoms with Crippen LogP contribution >= 0.6 is 34.8 Å². The zero-order valence-electron chi connectivity index (χ0n) is 14.8. The van der Waals surface area contributed by atoms with Crippen molar-refractivity contribution >= 4 is 57.8 Å². The van der Waals surface area contributed by atoms with Crippen molar-refractivity contribution in [1.29, 1.82) is 0 Å². The van der Waals surface area contributed by atoms with Crippen molar-refractivity contribution in [3.05, 3.63) is 68.0 Å². The number of amides is 2. The minimum atomic E-state index is -0.550. The molecule has 0 saturated carbocycles. The van der Waals surface area contributed by atoms with E-state index in [-0.39, 0.29) is 16.5 Å². The lowest BCUT2D eigenvalue weighted by atomic mass is 10.0. The molecule has 0 atom stereocenters. The van der Waals surface area contributed by atoms with Crippen molar-refractivity contribution in [2.75, 3.05) is 6.61 Å². The number of hydrogen-bond donors (Lipinski definition) is 2. The maximum atomic E-state index is 13.5. The van der Waals surface area contributed by atoms with Crippen LogP contribution < -0.4 is 15.4 Å². The van der Waals surface area contributed by atoms with E-state index in [0.717, 1.165) is 14.7 Å². The summed E-state index contributed by atoms with van der Waals surface area (Å²) < 4.78 is 20.2. The van der Waals surface area contributed by atoms with E-state index in [1.807, 2.05) is 19.1 Å². The Labute approximate surface area is 180 Å². The number of benzene rings is 2. The molecule has 1 aliphatic rings. The first-order chi connectivity index (χ1) is 13.4. The van der Waals surface area contributed by atoms with Crippen LogP contribution in [0.5, 0.6) is 5.75 Å². The van der Waals surface area contributed by atoms with Crippen molar-refractivity contribution < 1.29 is 18.7 Å². The van der Waals surface area contributed by atoms with E-state index in [4.69, 9.17) is 17.0 Å². The number of nitrogens with one attached hydrogen (secondary N) is 2. The highest BCUT2D eigenvalue weighted by molar-refractivity contribution is 14.1. The molecule has 5 nitrogen and oxygen atoms in total. The first kappa shape index (κ1) is 20.4. The Morgan fingerprint density at radius 1 is 1.18 bits per heavy atom. The van der Waals surface area contributed by atoms with Gasteiger partial charge in [0.25, 0.3) is 11.8 Å². The number of thiocarbonyl (C=S) groups is 1. The summed E-state index contributed by atoms with van der Waals surface area (Å²) >= 11 is 6.97. The van der Waals surface area contributed by atoms with Crippen LogP contribution in [-0.4, -0.2) is 23.5 Å². The Hall–Kier alpha value is -2.33. The lowest BCUT2D eigenvalue weighted by Gasteiger charge is -2.17. The molecule has 2 amide bonds. The highest BCUT2D eigenvalue weighted by Crippen LogP contribution is 2.30. The lowest BCUT2D eigenvalue weighted by molar-refractivity contribution is -0.123. The molecule has 0 radical (unpaired) electrons. The number of hydrogen-bond acceptors (Lipinski definition) is 4. The van der Waals surface area contributed by atoms with Crippen LogP contribution in [0.4, 0.5) is 4.39 Å². The molecule has 0 spiro atoms. The Kier molecular flexibility index (Phi) is 6.40. The molecule has 2 N–H and O–H groups in total. The molecule has 3 rings (SSSR count). The minimum absolute atomic E-state index is 0.0119. The van der Waals surface area contributed by atoms with Gasteiger partial charge in [-0.05, 0) is 83.2 Å². The zero-order chi connectivity index (χ0) is 20.3. The van der Waals surface area contributed by atoms with Crippen LogP contribution in [-0.2, 0) is 16.0 Å². The molecule has 0 unspecified atom stereocenters. The third-order valence-electron chi connectivity index (χ3n) is 4.00. The van der Waals surface area contributed by atoms with E-state index >= 15 is 0 Å². The summed E-state index contributed by atoms with van der Waals surface area (Å²) in [6.07, 6.45) is 1.99. The van der Waals surface area contributed by atoms with Gasteiger partial charge in [0.05, 0.1) is 6.61 Å². The summed E-state index contributed by atoms with van der Waals surface area (Å²) in [7, 11) is 0. The van der Waals surface area contributed by atoms with Gasteiger partial charge in [-0.15, -0.1) is 0 Å². The zero-order valence-corrected chi connectivity index (χ0v) is 17.8. The van der Waals surface area contributed by atoms with Crippen LogP contribution in [0.2, 0.25) is 0 Å². The first-order valence-electron chi connectivity index (χ1n) is 8.45. The number of carbonyl (C=O) groups is 2. The van der Waals surface area contributed by atoms with Gasteiger partial charge in [0.2, 0.25) is 0 Å². The average Bonchev–Trinajstić information content (AvgIpc) is 2.61. The Morgan fingerprint density at radius 3 is 2.54 bits per heavy atom. The average molecular weight is 510 g/mol. The molecule has 2 aromatic rings. The molecule has 1 heterocycles. The Balaban J connectivity index is 1.99. The topological polar surface area (TPSA) is 67.4 Å². The van der Waals surface area contributed by atoms with Gasteiger partial charge in [0.1, 0.15) is 17.1 Å². The molecule has 8 heteroatoms. The highest BCUT2D eigenvalue weighted by Gasteiger charge is 2.26. The summed E-state index contributed by atoms with van der Waals surface area (Å²) in [5.74, 6) is -0.771. The van der Waals surface area contributed by atoms with Gasteiger partial charge >= 0.3 is 0 Å². The third-order valence-corrected chi connectivity index (χ3v) is 5.17. The standard InChI is InChI=1S/C20H16FIN2O3S/c1-2-27-17-10-12(8-15-18(25)23-20(28)24-19(15)26)9-16(22)14(17)7-11-4-3-5-13(21)6-11/h3-6,8-10H,2,7H2,1H3,(H2,23,24,25,26,28). The molecule has 2 aromatic carbocycles. The molecule has 1 aliphatic heterocycles. The third kappa shape index (κ3) is 4.74. The van der Waals surface area contributed by atoms with Gasteiger partial charge in [-0.25, -0.2) is 4.39 Å². The molecule has 144 valence electrons. The fourth-order valence-corrected chi connectivity index (χ4v) is 3.80. The van der Waals surface area contributed by atoms with Gasteiger partial charge in [-0.3, -0.25) is 20.2 Å². The largest absolute Gasteiger partial charge is 0.494 e. The molecule has 28 heavy (non-hydrogen) atoms. The van der Waals surface area contributed by atoms with Gasteiger partial charge in [-0.2, -0.15) is 0 Å². The second-order valence-electron chi connectivity index (χ2n) is 6.01. The molecule has 0 bridgehead atoms. The lowest BCUT2D eigenvalue weighted by Crippen LogP contribution is -2.51. The summed E-state index contributed by atoms with van der Waals surface area (Å²) in [6.45, 7) is 2.31. The summed E-state index contributed by atoms with van der Waals surface area (Å²) in [5, 5.41) is 4.80. The van der Waals surface area contributed by atoms with Crippen molar-refractivity contribution in [2.24, 2.45) is 0 Å². The van der Waals surface area contributed by atoms with Gasteiger partial charge < -0.3 is 4.74 Å². The van der Waals surface area contributed by atoms with Crippen LogP contribution in [0.3, 0.4) is 0 Å². The second-order valence-corrected chi connectivity index (χ2v) is 7.58. The Bertz CT molecular complexity index is 985. The minimum Gasteiger partial charge on any atom is -0.494 e. The van der Waals surface area contributed by atoms with Crippen molar-refractivity contribution in [3.63, 3.8) is 0 Å². The second kappa shape index (κ2) is 8.78. The fourth-order valence-electron chi connectivity index (χ4n) is 2.79. The SMILES string of the molecule is CCOc1cc(C=C2C(=O)NC(=S)NC2=O)cc(I)c1Cc1cccc(F)c1. The maximum absolute atomic E-state index is 13.5. The predicted octanol–water partition coefficient (Wildman–Crippen LogP) is 3.33. The summed E-state index contributed by atoms with van der Waals surface area (Å²) in [5.41, 5.74) is 2.34. The fraction of sp³-hybridized carbons (Fsp3) is 0.150. The van der Waals surface area contributed by atoms with Gasteiger partial charge in [0.15, 0.2) is 5.11 Å². The van der Waals surface area contributed by atoms with Gasteiger partial charge in [-0.1, -0.05) is 12.1 Å². The van der Waals surface area contributed by atoms with Crippen LogP contribution in [0, 0.1) is 9.39 Å². The molecule has 0 aromatic heterocycles. The van der Waals surface area contributed by atoms with E-state index in [9.17, 15) is 14.0 Å². The normalized spacial score (nSPS) is 13.8. The van der Waals surface area contributed by atoms with Crippen molar-refractivity contribution in [1.82, 2.24) is 10.6 Å². The highest BCUT2D eigenvalue weighted by atomic mass is 127. The molecule has 1 fully saturated rings. The smallest absolute Gasteiger partial charge is 0.263 e. The Morgan fingerprint density at radius 2 is 1.89 bits per heavy atom. The summed E-state index contributed by atoms with van der Waals surface area (Å²) in [6, 6.07) is 10.0. The van der Waals surface area contributed by atoms with Gasteiger partial charge in [0, 0.05) is 15.6 Å². The maximum Gasteiger partial charge on any atom is 0.263 e. The number of carbonyl (C=O) groups excluding carboxylic acids is 2. The monoisotopic (exact) mass is 510 g/mol. The van der Waals surface area contributed by atoms with E-state index in [1.54, 1.807) is 12.1 Å². The number of ether oxygens (including phenoxy) is 1. The van der Waals surface area contributed by atoms with E-state index in [0.29, 0.717) is 24.3 Å². The van der Waals surface area contributed by atoms with E-state index in [1.165, 1.54) is 18.2 Å². The molecular weight excluding hydrogens is 494 g/mol. The van der Waals surface area contributed by atoms with Crippen molar-refractivity contribution in [3.8, 4) is 5.75 Å². The number of rotatable bonds is 5. The van der Waals surface area contributed by atoms with Crippen molar-refractivity contribution in [2.45, 2.75) is 13.3 Å². The van der Waals surface area contributed by atoms with E-state index in [2.05, 4.69) is 33.2 Å². The van der Waals surface area contributed by atoms with Crippen LogP contribution in [0.25, 0.3) is 6.08 Å². The van der Waals surface area contributed by atoms with Crippen LogP contribution in [0.1, 0.15) is 23.6 Å².